The molecule has 2 aromatic heterocycles. The van der Waals surface area contributed by atoms with E-state index in [1.807, 2.05) is 30.3 Å². The smallest absolute Gasteiger partial charge is 0.228 e. The van der Waals surface area contributed by atoms with Crippen LogP contribution in [0.1, 0.15) is 35.9 Å². The molecule has 0 aliphatic heterocycles. The average Bonchev–Trinajstić information content (AvgIpc) is 3.21. The molecule has 25 heavy (non-hydrogen) atoms. The SMILES string of the molecule is CC(=O)N(CCc1nc(Cc2noc(C)n2)no1)Cc1ccccc1. The summed E-state index contributed by atoms with van der Waals surface area (Å²) in [4.78, 5) is 22.0. The zero-order chi connectivity index (χ0) is 17.6. The van der Waals surface area contributed by atoms with Crippen molar-refractivity contribution < 1.29 is 13.8 Å². The first-order chi connectivity index (χ1) is 12.1. The Morgan fingerprint density at radius 1 is 1.08 bits per heavy atom. The van der Waals surface area contributed by atoms with E-state index in [1.54, 1.807) is 18.7 Å². The van der Waals surface area contributed by atoms with Crippen molar-refractivity contribution in [3.8, 4) is 0 Å². The Labute approximate surface area is 144 Å². The van der Waals surface area contributed by atoms with Gasteiger partial charge >= 0.3 is 0 Å². The molecule has 8 heteroatoms. The highest BCUT2D eigenvalue weighted by atomic mass is 16.5. The van der Waals surface area contributed by atoms with Crippen molar-refractivity contribution in [2.45, 2.75) is 33.2 Å². The van der Waals surface area contributed by atoms with Gasteiger partial charge in [0, 0.05) is 33.4 Å². The van der Waals surface area contributed by atoms with Gasteiger partial charge in [-0.25, -0.2) is 0 Å². The Kier molecular flexibility index (Phi) is 5.17. The Hall–Kier alpha value is -3.03. The molecule has 0 aliphatic carbocycles. The van der Waals surface area contributed by atoms with E-state index in [9.17, 15) is 4.79 Å². The molecule has 8 nitrogen and oxygen atoms in total. The summed E-state index contributed by atoms with van der Waals surface area (Å²) in [5.74, 6) is 1.99. The lowest BCUT2D eigenvalue weighted by atomic mass is 10.2. The zero-order valence-electron chi connectivity index (χ0n) is 14.2. The second kappa shape index (κ2) is 7.69. The summed E-state index contributed by atoms with van der Waals surface area (Å²) in [6, 6.07) is 9.85. The number of rotatable bonds is 7. The van der Waals surface area contributed by atoms with Gasteiger partial charge in [-0.05, 0) is 5.56 Å². The number of nitrogens with zero attached hydrogens (tertiary/aromatic N) is 5. The van der Waals surface area contributed by atoms with Gasteiger partial charge in [0.2, 0.25) is 17.7 Å². The van der Waals surface area contributed by atoms with E-state index in [0.717, 1.165) is 5.56 Å². The van der Waals surface area contributed by atoms with Crippen LogP contribution >= 0.6 is 0 Å². The molecule has 0 bridgehead atoms. The molecule has 2 heterocycles. The standard InChI is InChI=1S/C17H19N5O3/c1-12-18-15(20-24-12)10-16-19-17(25-21-16)8-9-22(13(2)23)11-14-6-4-3-5-7-14/h3-7H,8-11H2,1-2H3. The van der Waals surface area contributed by atoms with Crippen LogP contribution in [0.4, 0.5) is 0 Å². The third-order valence-corrected chi connectivity index (χ3v) is 3.65. The van der Waals surface area contributed by atoms with E-state index in [1.165, 1.54) is 0 Å². The molecular weight excluding hydrogens is 322 g/mol. The van der Waals surface area contributed by atoms with Crippen molar-refractivity contribution in [2.24, 2.45) is 0 Å². The molecule has 0 aliphatic rings. The third kappa shape index (κ3) is 4.72. The lowest BCUT2D eigenvalue weighted by Crippen LogP contribution is -2.30. The molecule has 0 saturated carbocycles. The fourth-order valence-corrected chi connectivity index (χ4v) is 2.40. The third-order valence-electron chi connectivity index (χ3n) is 3.65. The molecule has 3 aromatic rings. The molecule has 0 saturated heterocycles. The molecule has 0 N–H and O–H groups in total. The Bertz CT molecular complexity index is 828. The summed E-state index contributed by atoms with van der Waals surface area (Å²) in [5.41, 5.74) is 1.08. The fraction of sp³-hybridized carbons (Fsp3) is 0.353. The second-order valence-corrected chi connectivity index (χ2v) is 5.69. The Morgan fingerprint density at radius 2 is 1.80 bits per heavy atom. The highest BCUT2D eigenvalue weighted by molar-refractivity contribution is 5.73. The summed E-state index contributed by atoms with van der Waals surface area (Å²) < 4.78 is 10.2. The van der Waals surface area contributed by atoms with E-state index >= 15 is 0 Å². The molecule has 0 spiro atoms. The summed E-state index contributed by atoms with van der Waals surface area (Å²) >= 11 is 0. The van der Waals surface area contributed by atoms with Crippen molar-refractivity contribution in [1.29, 1.82) is 0 Å². The number of amides is 1. The van der Waals surface area contributed by atoms with Gasteiger partial charge in [0.25, 0.3) is 0 Å². The van der Waals surface area contributed by atoms with E-state index in [-0.39, 0.29) is 5.91 Å². The highest BCUT2D eigenvalue weighted by Crippen LogP contribution is 2.08. The number of carbonyl (C=O) groups excluding carboxylic acids is 1. The Morgan fingerprint density at radius 3 is 2.48 bits per heavy atom. The van der Waals surface area contributed by atoms with Gasteiger partial charge in [0.05, 0.1) is 6.42 Å². The number of carbonyl (C=O) groups is 1. The molecular formula is C17H19N5O3. The highest BCUT2D eigenvalue weighted by Gasteiger charge is 2.14. The summed E-state index contributed by atoms with van der Waals surface area (Å²) in [6.07, 6.45) is 0.839. The molecule has 1 aromatic carbocycles. The maximum absolute atomic E-state index is 11.9. The summed E-state index contributed by atoms with van der Waals surface area (Å²) in [5, 5.41) is 7.72. The molecule has 0 fully saturated rings. The largest absolute Gasteiger partial charge is 0.340 e. The number of aromatic nitrogens is 4. The van der Waals surface area contributed by atoms with Gasteiger partial charge in [0.15, 0.2) is 11.6 Å². The Balaban J connectivity index is 1.57. The van der Waals surface area contributed by atoms with Crippen molar-refractivity contribution in [2.75, 3.05) is 6.54 Å². The van der Waals surface area contributed by atoms with Crippen LogP contribution in [0.3, 0.4) is 0 Å². The lowest BCUT2D eigenvalue weighted by molar-refractivity contribution is -0.129. The topological polar surface area (TPSA) is 98.2 Å². The normalized spacial score (nSPS) is 10.8. The molecule has 1 amide bonds. The van der Waals surface area contributed by atoms with Crippen molar-refractivity contribution in [3.05, 3.63) is 59.3 Å². The number of hydrogen-bond acceptors (Lipinski definition) is 7. The molecule has 0 unspecified atom stereocenters. The van der Waals surface area contributed by atoms with E-state index < -0.39 is 0 Å². The van der Waals surface area contributed by atoms with Crippen LogP contribution in [-0.4, -0.2) is 37.6 Å². The second-order valence-electron chi connectivity index (χ2n) is 5.69. The monoisotopic (exact) mass is 341 g/mol. The van der Waals surface area contributed by atoms with E-state index in [0.29, 0.717) is 49.4 Å². The van der Waals surface area contributed by atoms with Gasteiger partial charge in [0.1, 0.15) is 0 Å². The van der Waals surface area contributed by atoms with Crippen LogP contribution in [0.2, 0.25) is 0 Å². The quantitative estimate of drug-likeness (QED) is 0.647. The van der Waals surface area contributed by atoms with Crippen molar-refractivity contribution in [1.82, 2.24) is 25.2 Å². The van der Waals surface area contributed by atoms with Gasteiger partial charge < -0.3 is 13.9 Å². The first kappa shape index (κ1) is 16.8. The molecule has 0 radical (unpaired) electrons. The number of benzene rings is 1. The zero-order valence-corrected chi connectivity index (χ0v) is 14.2. The molecule has 0 atom stereocenters. The van der Waals surface area contributed by atoms with Crippen LogP contribution in [0.15, 0.2) is 39.4 Å². The maximum atomic E-state index is 11.9. The van der Waals surface area contributed by atoms with Crippen LogP contribution in [0.5, 0.6) is 0 Å². The van der Waals surface area contributed by atoms with Crippen LogP contribution < -0.4 is 0 Å². The van der Waals surface area contributed by atoms with E-state index in [2.05, 4.69) is 20.3 Å². The fourth-order valence-electron chi connectivity index (χ4n) is 2.40. The predicted octanol–water partition coefficient (Wildman–Crippen LogP) is 1.94. The van der Waals surface area contributed by atoms with Crippen molar-refractivity contribution >= 4 is 5.91 Å². The lowest BCUT2D eigenvalue weighted by Gasteiger charge is -2.20. The first-order valence-electron chi connectivity index (χ1n) is 8.00. The van der Waals surface area contributed by atoms with Crippen LogP contribution in [-0.2, 0) is 24.2 Å². The molecule has 3 rings (SSSR count). The van der Waals surface area contributed by atoms with Crippen molar-refractivity contribution in [3.63, 3.8) is 0 Å². The first-order valence-corrected chi connectivity index (χ1v) is 8.00. The summed E-state index contributed by atoms with van der Waals surface area (Å²) in [6.45, 7) is 4.34. The van der Waals surface area contributed by atoms with Crippen LogP contribution in [0.25, 0.3) is 0 Å². The van der Waals surface area contributed by atoms with Gasteiger partial charge in [-0.1, -0.05) is 40.6 Å². The minimum atomic E-state index is 0.00543. The minimum absolute atomic E-state index is 0.00543. The summed E-state index contributed by atoms with van der Waals surface area (Å²) in [7, 11) is 0. The predicted molar refractivity (Wildman–Crippen MR) is 87.4 cm³/mol. The van der Waals surface area contributed by atoms with Gasteiger partial charge in [-0.15, -0.1) is 0 Å². The molecule has 130 valence electrons. The average molecular weight is 341 g/mol. The number of hydrogen-bond donors (Lipinski definition) is 0. The maximum Gasteiger partial charge on any atom is 0.228 e. The van der Waals surface area contributed by atoms with Gasteiger partial charge in [-0.3, -0.25) is 4.79 Å². The van der Waals surface area contributed by atoms with E-state index in [4.69, 9.17) is 9.05 Å². The van der Waals surface area contributed by atoms with Gasteiger partial charge in [-0.2, -0.15) is 9.97 Å². The minimum Gasteiger partial charge on any atom is -0.340 e. The van der Waals surface area contributed by atoms with Crippen LogP contribution in [0, 0.1) is 6.92 Å². The number of aryl methyl sites for hydroxylation is 1.